The Morgan fingerprint density at radius 3 is 2.52 bits per heavy atom. The van der Waals surface area contributed by atoms with Crippen LogP contribution in [0.15, 0.2) is 45.5 Å². The van der Waals surface area contributed by atoms with Crippen molar-refractivity contribution in [1.29, 1.82) is 0 Å². The van der Waals surface area contributed by atoms with Crippen molar-refractivity contribution >= 4 is 33.2 Å². The number of benzene rings is 1. The van der Waals surface area contributed by atoms with Crippen LogP contribution < -0.4 is 4.90 Å². The summed E-state index contributed by atoms with van der Waals surface area (Å²) in [4.78, 5) is 26.5. The smallest absolute Gasteiger partial charge is 0.289 e. The average molecular weight is 380 g/mol. The van der Waals surface area contributed by atoms with Crippen molar-refractivity contribution in [3.8, 4) is 0 Å². The number of piperazine rings is 1. The molecule has 1 fully saturated rings. The van der Waals surface area contributed by atoms with Crippen molar-refractivity contribution in [3.05, 3.63) is 56.9 Å². The number of rotatable bonds is 3. The van der Waals surface area contributed by atoms with Crippen LogP contribution in [0.4, 0.5) is 11.4 Å². The molecule has 2 heterocycles. The fourth-order valence-electron chi connectivity index (χ4n) is 2.56. The summed E-state index contributed by atoms with van der Waals surface area (Å²) in [5, 5.41) is 10.9. The van der Waals surface area contributed by atoms with Gasteiger partial charge in [0.2, 0.25) is 0 Å². The molecule has 1 aliphatic heterocycles. The lowest BCUT2D eigenvalue weighted by molar-refractivity contribution is -0.384. The maximum atomic E-state index is 12.3. The Morgan fingerprint density at radius 1 is 1.17 bits per heavy atom. The first-order chi connectivity index (χ1) is 11.0. The normalized spacial score (nSPS) is 14.8. The zero-order valence-corrected chi connectivity index (χ0v) is 13.7. The molecule has 1 saturated heterocycles. The first-order valence-corrected chi connectivity index (χ1v) is 7.88. The maximum Gasteiger partial charge on any atom is 0.289 e. The Kier molecular flexibility index (Phi) is 4.33. The highest BCUT2D eigenvalue weighted by Crippen LogP contribution is 2.23. The number of nitrogens with zero attached hydrogens (tertiary/aromatic N) is 3. The highest BCUT2D eigenvalue weighted by atomic mass is 79.9. The Bertz CT molecular complexity index is 738. The molecule has 1 aliphatic rings. The molecule has 0 aliphatic carbocycles. The molecule has 0 atom stereocenters. The first kappa shape index (κ1) is 15.5. The van der Waals surface area contributed by atoms with E-state index in [1.807, 2.05) is 11.0 Å². The molecule has 1 aromatic heterocycles. The molecule has 1 aromatic carbocycles. The van der Waals surface area contributed by atoms with Crippen LogP contribution in [0.2, 0.25) is 0 Å². The molecule has 120 valence electrons. The predicted molar refractivity (Wildman–Crippen MR) is 87.6 cm³/mol. The molecule has 2 aromatic rings. The van der Waals surface area contributed by atoms with E-state index >= 15 is 0 Å². The third-order valence-corrected chi connectivity index (χ3v) is 4.18. The summed E-state index contributed by atoms with van der Waals surface area (Å²) < 4.78 is 5.81. The van der Waals surface area contributed by atoms with Crippen LogP contribution in [0.3, 0.4) is 0 Å². The largest absolute Gasteiger partial charge is 0.444 e. The van der Waals surface area contributed by atoms with Crippen LogP contribution in [-0.4, -0.2) is 41.9 Å². The van der Waals surface area contributed by atoms with Gasteiger partial charge < -0.3 is 14.2 Å². The van der Waals surface area contributed by atoms with Gasteiger partial charge in [0.05, 0.1) is 4.92 Å². The Labute approximate surface area is 140 Å². The van der Waals surface area contributed by atoms with E-state index < -0.39 is 4.92 Å². The SMILES string of the molecule is O=C(c1ccc(Br)o1)N1CCN(c2cccc([N+](=O)[O-])c2)CC1. The second-order valence-electron chi connectivity index (χ2n) is 5.16. The number of non-ortho nitro benzene ring substituents is 1. The predicted octanol–water partition coefficient (Wildman–Crippen LogP) is 2.91. The lowest BCUT2D eigenvalue weighted by Crippen LogP contribution is -2.48. The summed E-state index contributed by atoms with van der Waals surface area (Å²) >= 11 is 3.18. The summed E-state index contributed by atoms with van der Waals surface area (Å²) in [6.45, 7) is 2.32. The van der Waals surface area contributed by atoms with Gasteiger partial charge in [-0.05, 0) is 34.1 Å². The highest BCUT2D eigenvalue weighted by molar-refractivity contribution is 9.10. The molecule has 8 heteroatoms. The number of anilines is 1. The van der Waals surface area contributed by atoms with Gasteiger partial charge in [-0.3, -0.25) is 14.9 Å². The van der Waals surface area contributed by atoms with Gasteiger partial charge >= 0.3 is 0 Å². The Morgan fingerprint density at radius 2 is 1.91 bits per heavy atom. The van der Waals surface area contributed by atoms with Gasteiger partial charge in [0.15, 0.2) is 10.4 Å². The number of halogens is 1. The van der Waals surface area contributed by atoms with Crippen LogP contribution in [-0.2, 0) is 0 Å². The Hall–Kier alpha value is -2.35. The van der Waals surface area contributed by atoms with Crippen LogP contribution in [0.1, 0.15) is 10.6 Å². The topological polar surface area (TPSA) is 79.8 Å². The van der Waals surface area contributed by atoms with E-state index in [1.165, 1.54) is 6.07 Å². The van der Waals surface area contributed by atoms with Crippen molar-refractivity contribution < 1.29 is 14.1 Å². The maximum absolute atomic E-state index is 12.3. The lowest BCUT2D eigenvalue weighted by Gasteiger charge is -2.35. The molecule has 0 saturated carbocycles. The highest BCUT2D eigenvalue weighted by Gasteiger charge is 2.24. The van der Waals surface area contributed by atoms with Crippen LogP contribution >= 0.6 is 15.9 Å². The van der Waals surface area contributed by atoms with Crippen LogP contribution in [0, 0.1) is 10.1 Å². The third kappa shape index (κ3) is 3.37. The van der Waals surface area contributed by atoms with Gasteiger partial charge in [-0.25, -0.2) is 0 Å². The van der Waals surface area contributed by atoms with Crippen molar-refractivity contribution in [2.24, 2.45) is 0 Å². The van der Waals surface area contributed by atoms with Crippen molar-refractivity contribution in [1.82, 2.24) is 4.90 Å². The summed E-state index contributed by atoms with van der Waals surface area (Å²) in [7, 11) is 0. The van der Waals surface area contributed by atoms with Crippen molar-refractivity contribution in [2.45, 2.75) is 0 Å². The number of furan rings is 1. The van der Waals surface area contributed by atoms with Gasteiger partial charge in [-0.15, -0.1) is 0 Å². The number of amides is 1. The standard InChI is InChI=1S/C15H14BrN3O4/c16-14-5-4-13(23-14)15(20)18-8-6-17(7-9-18)11-2-1-3-12(10-11)19(21)22/h1-5,10H,6-9H2. The number of nitro groups is 1. The second kappa shape index (κ2) is 6.41. The minimum atomic E-state index is -0.405. The van der Waals surface area contributed by atoms with Gasteiger partial charge in [0, 0.05) is 44.0 Å². The summed E-state index contributed by atoms with van der Waals surface area (Å²) in [6.07, 6.45) is 0. The Balaban J connectivity index is 1.65. The zero-order chi connectivity index (χ0) is 16.4. The molecule has 23 heavy (non-hydrogen) atoms. The fraction of sp³-hybridized carbons (Fsp3) is 0.267. The number of carbonyl (C=O) groups excluding carboxylic acids is 1. The monoisotopic (exact) mass is 379 g/mol. The molecule has 0 N–H and O–H groups in total. The molecule has 0 radical (unpaired) electrons. The van der Waals surface area contributed by atoms with E-state index in [0.29, 0.717) is 36.6 Å². The molecule has 0 unspecified atom stereocenters. The van der Waals surface area contributed by atoms with Gasteiger partial charge in [-0.1, -0.05) is 6.07 Å². The van der Waals surface area contributed by atoms with E-state index in [9.17, 15) is 14.9 Å². The number of carbonyl (C=O) groups is 1. The van der Waals surface area contributed by atoms with E-state index in [1.54, 1.807) is 29.2 Å². The summed E-state index contributed by atoms with van der Waals surface area (Å²) in [5.74, 6) is 0.162. The third-order valence-electron chi connectivity index (χ3n) is 3.76. The number of hydrogen-bond acceptors (Lipinski definition) is 5. The number of nitro benzene ring substituents is 1. The van der Waals surface area contributed by atoms with E-state index in [4.69, 9.17) is 4.42 Å². The van der Waals surface area contributed by atoms with Crippen molar-refractivity contribution in [2.75, 3.05) is 31.1 Å². The number of hydrogen-bond donors (Lipinski definition) is 0. The molecular formula is C15H14BrN3O4. The van der Waals surface area contributed by atoms with Gasteiger partial charge in [-0.2, -0.15) is 0 Å². The average Bonchev–Trinajstić information content (AvgIpc) is 3.01. The van der Waals surface area contributed by atoms with E-state index in [-0.39, 0.29) is 11.6 Å². The van der Waals surface area contributed by atoms with Gasteiger partial charge in [0.1, 0.15) is 0 Å². The minimum Gasteiger partial charge on any atom is -0.444 e. The molecule has 7 nitrogen and oxygen atoms in total. The molecule has 0 bridgehead atoms. The zero-order valence-electron chi connectivity index (χ0n) is 12.1. The summed E-state index contributed by atoms with van der Waals surface area (Å²) in [6, 6.07) is 9.87. The quantitative estimate of drug-likeness (QED) is 0.604. The molecular weight excluding hydrogens is 366 g/mol. The van der Waals surface area contributed by atoms with Crippen LogP contribution in [0.25, 0.3) is 0 Å². The minimum absolute atomic E-state index is 0.0708. The molecule has 1 amide bonds. The van der Waals surface area contributed by atoms with Crippen molar-refractivity contribution in [3.63, 3.8) is 0 Å². The van der Waals surface area contributed by atoms with E-state index in [0.717, 1.165) is 5.69 Å². The van der Waals surface area contributed by atoms with Gasteiger partial charge in [0.25, 0.3) is 11.6 Å². The second-order valence-corrected chi connectivity index (χ2v) is 5.94. The summed E-state index contributed by atoms with van der Waals surface area (Å²) in [5.41, 5.74) is 0.869. The molecule has 0 spiro atoms. The van der Waals surface area contributed by atoms with Crippen LogP contribution in [0.5, 0.6) is 0 Å². The lowest BCUT2D eigenvalue weighted by atomic mass is 10.2. The molecule has 3 rings (SSSR count). The fourth-order valence-corrected chi connectivity index (χ4v) is 2.86. The first-order valence-electron chi connectivity index (χ1n) is 7.08. The van der Waals surface area contributed by atoms with E-state index in [2.05, 4.69) is 15.9 Å².